The smallest absolute Gasteiger partial charge is 0.338 e. The zero-order chi connectivity index (χ0) is 22.1. The van der Waals surface area contributed by atoms with Gasteiger partial charge in [-0.1, -0.05) is 53.8 Å². The molecule has 1 unspecified atom stereocenters. The van der Waals surface area contributed by atoms with Crippen molar-refractivity contribution in [3.05, 3.63) is 107 Å². The molecule has 31 heavy (non-hydrogen) atoms. The fourth-order valence-electron chi connectivity index (χ4n) is 3.52. The van der Waals surface area contributed by atoms with E-state index in [-0.39, 0.29) is 11.2 Å². The van der Waals surface area contributed by atoms with Gasteiger partial charge in [0.05, 0.1) is 33.9 Å². The van der Waals surface area contributed by atoms with Crippen molar-refractivity contribution in [1.29, 1.82) is 0 Å². The number of fused-ring (bicyclic) bond motifs is 1. The molecule has 2 aromatic carbocycles. The van der Waals surface area contributed by atoms with Crippen molar-refractivity contribution >= 4 is 29.1 Å². The molecule has 0 amide bonds. The summed E-state index contributed by atoms with van der Waals surface area (Å²) in [6.07, 6.45) is 1.59. The molecule has 0 spiro atoms. The van der Waals surface area contributed by atoms with Crippen LogP contribution in [0.5, 0.6) is 0 Å². The Morgan fingerprint density at radius 3 is 2.65 bits per heavy atom. The number of hydrogen-bond donors (Lipinski definition) is 0. The number of thiazole rings is 1. The minimum atomic E-state index is -0.683. The number of carbonyl (C=O) groups is 1. The summed E-state index contributed by atoms with van der Waals surface area (Å²) in [7, 11) is 1.29. The first-order valence-electron chi connectivity index (χ1n) is 9.31. The van der Waals surface area contributed by atoms with Crippen molar-refractivity contribution in [2.45, 2.75) is 13.0 Å². The van der Waals surface area contributed by atoms with Gasteiger partial charge in [0.1, 0.15) is 0 Å². The number of methoxy groups -OCH3 is 1. The Morgan fingerprint density at radius 1 is 1.23 bits per heavy atom. The first kappa shape index (κ1) is 20.4. The number of nitro groups is 1. The number of rotatable bonds is 4. The van der Waals surface area contributed by atoms with Gasteiger partial charge < -0.3 is 4.74 Å². The monoisotopic (exact) mass is 435 g/mol. The number of carbonyl (C=O) groups excluding carboxylic acids is 1. The highest BCUT2D eigenvalue weighted by atomic mass is 32.1. The van der Waals surface area contributed by atoms with E-state index in [4.69, 9.17) is 4.74 Å². The molecule has 1 aromatic heterocycles. The van der Waals surface area contributed by atoms with Crippen LogP contribution in [0.1, 0.15) is 24.1 Å². The van der Waals surface area contributed by atoms with Gasteiger partial charge in [-0.15, -0.1) is 0 Å². The molecular formula is C22H17N3O5S. The third-order valence-electron chi connectivity index (χ3n) is 4.92. The van der Waals surface area contributed by atoms with Crippen LogP contribution in [0, 0.1) is 10.1 Å². The molecule has 9 heteroatoms. The first-order valence-corrected chi connectivity index (χ1v) is 10.1. The first-order chi connectivity index (χ1) is 14.9. The second-order valence-corrected chi connectivity index (χ2v) is 7.85. The Hall–Kier alpha value is -3.85. The van der Waals surface area contributed by atoms with E-state index in [9.17, 15) is 19.7 Å². The molecule has 3 aromatic rings. The second kappa shape index (κ2) is 8.11. The molecule has 1 aliphatic heterocycles. The average Bonchev–Trinajstić information content (AvgIpc) is 3.07. The number of hydrogen-bond acceptors (Lipinski definition) is 7. The quantitative estimate of drug-likeness (QED) is 0.355. The van der Waals surface area contributed by atoms with Crippen molar-refractivity contribution in [3.8, 4) is 0 Å². The van der Waals surface area contributed by atoms with Gasteiger partial charge in [-0.05, 0) is 24.1 Å². The van der Waals surface area contributed by atoms with Crippen LogP contribution < -0.4 is 14.9 Å². The van der Waals surface area contributed by atoms with Crippen LogP contribution in [-0.2, 0) is 9.53 Å². The number of ether oxygens (including phenoxy) is 1. The number of nitro benzene ring substituents is 1. The molecule has 0 saturated heterocycles. The molecule has 0 aliphatic carbocycles. The molecule has 156 valence electrons. The molecule has 0 radical (unpaired) electrons. The number of nitrogens with zero attached hydrogens (tertiary/aromatic N) is 3. The molecule has 0 N–H and O–H groups in total. The summed E-state index contributed by atoms with van der Waals surface area (Å²) in [5.41, 5.74) is 1.65. The topological polar surface area (TPSA) is 104 Å². The van der Waals surface area contributed by atoms with E-state index in [0.29, 0.717) is 26.2 Å². The molecule has 2 heterocycles. The number of non-ortho nitro benzene ring substituents is 1. The van der Waals surface area contributed by atoms with E-state index < -0.39 is 16.9 Å². The zero-order valence-corrected chi connectivity index (χ0v) is 17.5. The summed E-state index contributed by atoms with van der Waals surface area (Å²) in [5, 5.41) is 11.1. The molecule has 1 atom stereocenters. The van der Waals surface area contributed by atoms with Gasteiger partial charge in [0, 0.05) is 12.1 Å². The highest BCUT2D eigenvalue weighted by molar-refractivity contribution is 7.07. The van der Waals surface area contributed by atoms with Gasteiger partial charge in [0.15, 0.2) is 4.80 Å². The van der Waals surface area contributed by atoms with Gasteiger partial charge >= 0.3 is 5.97 Å². The standard InChI is InChI=1S/C22H17N3O5S/c1-13-18(21(27)30-2)19(15-8-4-3-5-9-15)24-20(26)17(31-22(24)23-13)12-14-7-6-10-16(11-14)25(28)29/h3-12,19H,1-2H3/b17-12+. The minimum absolute atomic E-state index is 0.0625. The molecule has 8 nitrogen and oxygen atoms in total. The molecular weight excluding hydrogens is 418 g/mol. The largest absolute Gasteiger partial charge is 0.466 e. The highest BCUT2D eigenvalue weighted by Gasteiger charge is 2.32. The van der Waals surface area contributed by atoms with E-state index in [1.54, 1.807) is 25.1 Å². The number of aromatic nitrogens is 1. The van der Waals surface area contributed by atoms with Crippen molar-refractivity contribution in [2.75, 3.05) is 7.11 Å². The lowest BCUT2D eigenvalue weighted by atomic mass is 9.96. The van der Waals surface area contributed by atoms with Gasteiger partial charge in [-0.3, -0.25) is 19.5 Å². The Bertz CT molecular complexity index is 1400. The maximum Gasteiger partial charge on any atom is 0.338 e. The lowest BCUT2D eigenvalue weighted by Gasteiger charge is -2.24. The minimum Gasteiger partial charge on any atom is -0.466 e. The Labute approximate surface area is 180 Å². The summed E-state index contributed by atoms with van der Waals surface area (Å²) in [6.45, 7) is 1.71. The lowest BCUT2D eigenvalue weighted by Crippen LogP contribution is -2.39. The van der Waals surface area contributed by atoms with Crippen molar-refractivity contribution in [3.63, 3.8) is 0 Å². The lowest BCUT2D eigenvalue weighted by molar-refractivity contribution is -0.384. The van der Waals surface area contributed by atoms with Crippen LogP contribution in [0.3, 0.4) is 0 Å². The predicted octanol–water partition coefficient (Wildman–Crippen LogP) is 2.32. The van der Waals surface area contributed by atoms with Crippen LogP contribution in [0.4, 0.5) is 5.69 Å². The highest BCUT2D eigenvalue weighted by Crippen LogP contribution is 2.30. The fraction of sp³-hybridized carbons (Fsp3) is 0.136. The Kier molecular flexibility index (Phi) is 5.35. The van der Waals surface area contributed by atoms with Crippen LogP contribution >= 0.6 is 11.3 Å². The maximum absolute atomic E-state index is 13.4. The second-order valence-electron chi connectivity index (χ2n) is 6.84. The summed E-state index contributed by atoms with van der Waals surface area (Å²) in [6, 6.07) is 14.5. The van der Waals surface area contributed by atoms with E-state index in [1.807, 2.05) is 30.3 Å². The molecule has 0 saturated carbocycles. The van der Waals surface area contributed by atoms with E-state index >= 15 is 0 Å². The molecule has 4 rings (SSSR count). The maximum atomic E-state index is 13.4. The van der Waals surface area contributed by atoms with Gasteiger partial charge in [0.2, 0.25) is 0 Å². The van der Waals surface area contributed by atoms with E-state index in [2.05, 4.69) is 4.99 Å². The summed E-state index contributed by atoms with van der Waals surface area (Å²) in [5.74, 6) is -0.553. The predicted molar refractivity (Wildman–Crippen MR) is 115 cm³/mol. The van der Waals surface area contributed by atoms with Crippen LogP contribution in [0.15, 0.2) is 75.7 Å². The van der Waals surface area contributed by atoms with Crippen LogP contribution in [0.25, 0.3) is 6.08 Å². The Balaban J connectivity index is 1.95. The van der Waals surface area contributed by atoms with E-state index in [0.717, 1.165) is 5.56 Å². The SMILES string of the molecule is COC(=O)C1=C(C)N=c2s/c(=C/c3cccc([N+](=O)[O-])c3)c(=O)n2C1c1ccccc1. The van der Waals surface area contributed by atoms with Gasteiger partial charge in [0.25, 0.3) is 11.2 Å². The fourth-order valence-corrected chi connectivity index (χ4v) is 4.57. The third kappa shape index (κ3) is 3.71. The summed E-state index contributed by atoms with van der Waals surface area (Å²) < 4.78 is 6.80. The average molecular weight is 435 g/mol. The number of esters is 1. The number of benzene rings is 2. The van der Waals surface area contributed by atoms with Gasteiger partial charge in [-0.2, -0.15) is 0 Å². The summed E-state index contributed by atoms with van der Waals surface area (Å²) in [4.78, 5) is 41.4. The van der Waals surface area contributed by atoms with Crippen LogP contribution in [0.2, 0.25) is 0 Å². The Morgan fingerprint density at radius 2 is 1.97 bits per heavy atom. The zero-order valence-electron chi connectivity index (χ0n) is 16.6. The van der Waals surface area contributed by atoms with E-state index in [1.165, 1.54) is 35.1 Å². The van der Waals surface area contributed by atoms with Crippen LogP contribution in [-0.4, -0.2) is 22.6 Å². The summed E-state index contributed by atoms with van der Waals surface area (Å²) >= 11 is 1.17. The van der Waals surface area contributed by atoms with Crippen molar-refractivity contribution in [2.24, 2.45) is 4.99 Å². The molecule has 0 fully saturated rings. The molecule has 1 aliphatic rings. The normalized spacial score (nSPS) is 15.9. The molecule has 0 bridgehead atoms. The third-order valence-corrected chi connectivity index (χ3v) is 5.90. The van der Waals surface area contributed by atoms with Gasteiger partial charge in [-0.25, -0.2) is 9.79 Å². The van der Waals surface area contributed by atoms with Crippen molar-refractivity contribution < 1.29 is 14.5 Å². The van der Waals surface area contributed by atoms with Crippen molar-refractivity contribution in [1.82, 2.24) is 4.57 Å². The number of allylic oxidation sites excluding steroid dienone is 1.